The summed E-state index contributed by atoms with van der Waals surface area (Å²) >= 11 is 0. The second-order valence-electron chi connectivity index (χ2n) is 6.88. The lowest BCUT2D eigenvalue weighted by molar-refractivity contribution is -0.110. The maximum absolute atomic E-state index is 12.3. The third kappa shape index (κ3) is 3.60. The van der Waals surface area contributed by atoms with Crippen molar-refractivity contribution >= 4 is 28.5 Å². The highest BCUT2D eigenvalue weighted by Gasteiger charge is 2.25. The van der Waals surface area contributed by atoms with Gasteiger partial charge in [-0.3, -0.25) is 9.78 Å². The molecule has 5 nitrogen and oxygen atoms in total. The van der Waals surface area contributed by atoms with Crippen molar-refractivity contribution in [3.05, 3.63) is 89.9 Å². The largest absolute Gasteiger partial charge is 0.378 e. The third-order valence-electron chi connectivity index (χ3n) is 4.87. The molecule has 0 spiro atoms. The zero-order chi connectivity index (χ0) is 19.5. The van der Waals surface area contributed by atoms with E-state index in [0.717, 1.165) is 33.8 Å². The average molecular weight is 370 g/mol. The fourth-order valence-corrected chi connectivity index (χ4v) is 3.35. The lowest BCUT2D eigenvalue weighted by Crippen LogP contribution is -2.07. The van der Waals surface area contributed by atoms with E-state index < -0.39 is 0 Å². The molecule has 1 aliphatic rings. The zero-order valence-electron chi connectivity index (χ0n) is 15.9. The molecule has 2 aromatic carbocycles. The van der Waals surface area contributed by atoms with Crippen LogP contribution in [0.2, 0.25) is 0 Å². The Bertz CT molecular complexity index is 1030. The molecule has 1 unspecified atom stereocenters. The van der Waals surface area contributed by atoms with E-state index in [4.69, 9.17) is 0 Å². The fraction of sp³-hybridized carbons (Fsp3) is 0.130. The summed E-state index contributed by atoms with van der Waals surface area (Å²) in [6.45, 7) is 4.11. The summed E-state index contributed by atoms with van der Waals surface area (Å²) in [5.74, 6) is -0.0830. The molecule has 1 aliphatic heterocycles. The van der Waals surface area contributed by atoms with Gasteiger partial charge < -0.3 is 16.0 Å². The molecule has 0 aliphatic carbocycles. The molecule has 0 saturated heterocycles. The maximum atomic E-state index is 12.3. The van der Waals surface area contributed by atoms with Crippen LogP contribution in [0.1, 0.15) is 29.7 Å². The van der Waals surface area contributed by atoms with Crippen LogP contribution in [0, 0.1) is 6.92 Å². The van der Waals surface area contributed by atoms with Gasteiger partial charge in [-0.1, -0.05) is 18.2 Å². The molecular formula is C23H22N4O. The van der Waals surface area contributed by atoms with E-state index in [0.29, 0.717) is 5.57 Å². The first-order valence-corrected chi connectivity index (χ1v) is 9.26. The Balaban J connectivity index is 1.46. The summed E-state index contributed by atoms with van der Waals surface area (Å²) in [6.07, 6.45) is 5.41. The Kier molecular flexibility index (Phi) is 4.81. The molecule has 4 rings (SSSR count). The van der Waals surface area contributed by atoms with Gasteiger partial charge >= 0.3 is 0 Å². The second kappa shape index (κ2) is 7.56. The number of pyridine rings is 1. The van der Waals surface area contributed by atoms with Gasteiger partial charge in [-0.05, 0) is 61.4 Å². The summed E-state index contributed by atoms with van der Waals surface area (Å²) < 4.78 is 0. The predicted molar refractivity (Wildman–Crippen MR) is 114 cm³/mol. The number of carbonyl (C=O) groups excluding carboxylic acids is 1. The highest BCUT2D eigenvalue weighted by molar-refractivity contribution is 6.32. The molecule has 140 valence electrons. The number of benzene rings is 2. The fourth-order valence-electron chi connectivity index (χ4n) is 3.35. The Labute approximate surface area is 164 Å². The highest BCUT2D eigenvalue weighted by Crippen LogP contribution is 2.34. The van der Waals surface area contributed by atoms with Crippen molar-refractivity contribution < 1.29 is 4.79 Å². The van der Waals surface area contributed by atoms with Crippen molar-refractivity contribution in [2.45, 2.75) is 19.9 Å². The minimum Gasteiger partial charge on any atom is -0.378 e. The van der Waals surface area contributed by atoms with Crippen molar-refractivity contribution in [3.8, 4) is 0 Å². The molecule has 2 heterocycles. The molecule has 5 heteroatoms. The van der Waals surface area contributed by atoms with Crippen LogP contribution in [0.4, 0.5) is 17.1 Å². The van der Waals surface area contributed by atoms with Crippen molar-refractivity contribution in [2.24, 2.45) is 0 Å². The Morgan fingerprint density at radius 1 is 1.04 bits per heavy atom. The van der Waals surface area contributed by atoms with Crippen LogP contribution in [0.5, 0.6) is 0 Å². The van der Waals surface area contributed by atoms with Crippen LogP contribution >= 0.6 is 0 Å². The molecule has 1 atom stereocenters. The molecule has 0 fully saturated rings. The smallest absolute Gasteiger partial charge is 0.257 e. The molecule has 0 bridgehead atoms. The number of carbonyl (C=O) groups is 1. The van der Waals surface area contributed by atoms with Crippen LogP contribution in [-0.2, 0) is 4.79 Å². The molecular weight excluding hydrogens is 348 g/mol. The molecule has 0 radical (unpaired) electrons. The predicted octanol–water partition coefficient (Wildman–Crippen LogP) is 4.97. The van der Waals surface area contributed by atoms with Crippen LogP contribution in [0.25, 0.3) is 5.57 Å². The number of hydrogen-bond acceptors (Lipinski definition) is 4. The van der Waals surface area contributed by atoms with Gasteiger partial charge in [0, 0.05) is 41.2 Å². The molecule has 1 aromatic heterocycles. The molecule has 3 aromatic rings. The third-order valence-corrected chi connectivity index (χ3v) is 4.87. The molecule has 3 N–H and O–H groups in total. The Morgan fingerprint density at radius 2 is 1.82 bits per heavy atom. The lowest BCUT2D eigenvalue weighted by atomic mass is 10.0. The van der Waals surface area contributed by atoms with Gasteiger partial charge in [-0.2, -0.15) is 0 Å². The van der Waals surface area contributed by atoms with E-state index in [1.54, 1.807) is 12.4 Å². The van der Waals surface area contributed by atoms with Gasteiger partial charge in [0.25, 0.3) is 5.91 Å². The van der Waals surface area contributed by atoms with Crippen LogP contribution in [0.3, 0.4) is 0 Å². The molecule has 0 saturated carbocycles. The average Bonchev–Trinajstić information content (AvgIpc) is 3.04. The van der Waals surface area contributed by atoms with Gasteiger partial charge in [0.2, 0.25) is 0 Å². The first kappa shape index (κ1) is 17.8. The molecule has 28 heavy (non-hydrogen) atoms. The Morgan fingerprint density at radius 3 is 2.57 bits per heavy atom. The van der Waals surface area contributed by atoms with E-state index in [9.17, 15) is 4.79 Å². The summed E-state index contributed by atoms with van der Waals surface area (Å²) in [7, 11) is 0. The van der Waals surface area contributed by atoms with E-state index in [-0.39, 0.29) is 11.9 Å². The number of nitrogens with zero attached hydrogens (tertiary/aromatic N) is 1. The van der Waals surface area contributed by atoms with E-state index in [1.807, 2.05) is 61.7 Å². The van der Waals surface area contributed by atoms with Crippen molar-refractivity contribution in [1.29, 1.82) is 0 Å². The first-order chi connectivity index (χ1) is 13.6. The minimum atomic E-state index is -0.0830. The zero-order valence-corrected chi connectivity index (χ0v) is 15.9. The standard InChI is InChI=1S/C23H22N4O/c1-15-5-3-7-21-22(15)20(23(28)27-21)14-25-18-8-10-19(11-9-18)26-16(2)17-6-4-12-24-13-17/h3-14,16,25-26H,1-2H3,(H,27,28)/b20-14-. The van der Waals surface area contributed by atoms with Gasteiger partial charge in [0.05, 0.1) is 11.6 Å². The van der Waals surface area contributed by atoms with E-state index in [1.165, 1.54) is 0 Å². The van der Waals surface area contributed by atoms with Crippen LogP contribution in [-0.4, -0.2) is 10.9 Å². The van der Waals surface area contributed by atoms with Gasteiger partial charge in [-0.15, -0.1) is 0 Å². The second-order valence-corrected chi connectivity index (χ2v) is 6.88. The first-order valence-electron chi connectivity index (χ1n) is 9.26. The normalized spacial score (nSPS) is 15.1. The minimum absolute atomic E-state index is 0.0830. The monoisotopic (exact) mass is 370 g/mol. The summed E-state index contributed by atoms with van der Waals surface area (Å²) in [5, 5.41) is 9.61. The number of rotatable bonds is 5. The van der Waals surface area contributed by atoms with Gasteiger partial charge in [0.15, 0.2) is 0 Å². The van der Waals surface area contributed by atoms with E-state index >= 15 is 0 Å². The number of nitrogens with one attached hydrogen (secondary N) is 3. The summed E-state index contributed by atoms with van der Waals surface area (Å²) in [5.41, 5.74) is 6.63. The van der Waals surface area contributed by atoms with Gasteiger partial charge in [-0.25, -0.2) is 0 Å². The quantitative estimate of drug-likeness (QED) is 0.555. The van der Waals surface area contributed by atoms with Gasteiger partial charge in [0.1, 0.15) is 0 Å². The van der Waals surface area contributed by atoms with Crippen molar-refractivity contribution in [3.63, 3.8) is 0 Å². The number of aromatic nitrogens is 1. The Hall–Kier alpha value is -3.60. The van der Waals surface area contributed by atoms with Crippen molar-refractivity contribution in [1.82, 2.24) is 4.98 Å². The topological polar surface area (TPSA) is 66.0 Å². The van der Waals surface area contributed by atoms with Crippen LogP contribution < -0.4 is 16.0 Å². The molecule has 1 amide bonds. The number of hydrogen-bond donors (Lipinski definition) is 3. The number of aryl methyl sites for hydroxylation is 1. The van der Waals surface area contributed by atoms with Crippen LogP contribution in [0.15, 0.2) is 73.2 Å². The number of fused-ring (bicyclic) bond motifs is 1. The lowest BCUT2D eigenvalue weighted by Gasteiger charge is -2.15. The van der Waals surface area contributed by atoms with E-state index in [2.05, 4.69) is 33.9 Å². The maximum Gasteiger partial charge on any atom is 0.257 e. The summed E-state index contributed by atoms with van der Waals surface area (Å²) in [4.78, 5) is 16.4. The number of anilines is 3. The highest BCUT2D eigenvalue weighted by atomic mass is 16.2. The SMILES string of the molecule is Cc1cccc2c1/C(=C/Nc1ccc(NC(C)c3cccnc3)cc1)C(=O)N2. The summed E-state index contributed by atoms with van der Waals surface area (Å²) in [6, 6.07) is 18.0. The number of amides is 1. The van der Waals surface area contributed by atoms with Crippen molar-refractivity contribution in [2.75, 3.05) is 16.0 Å².